The molecule has 2 heterocycles. The molecule has 18 heavy (non-hydrogen) atoms. The second-order valence-electron chi connectivity index (χ2n) is 4.61. The van der Waals surface area contributed by atoms with Crippen LogP contribution in [-0.4, -0.2) is 41.9 Å². The van der Waals surface area contributed by atoms with Crippen LogP contribution >= 0.6 is 15.9 Å². The van der Waals surface area contributed by atoms with Crippen LogP contribution < -0.4 is 0 Å². The molecule has 0 aromatic carbocycles. The fraction of sp³-hybridized carbons (Fsp3) is 0.615. The number of hydrogen-bond donors (Lipinski definition) is 0. The van der Waals surface area contributed by atoms with E-state index >= 15 is 0 Å². The van der Waals surface area contributed by atoms with Gasteiger partial charge in [0.2, 0.25) is 0 Å². The predicted octanol–water partition coefficient (Wildman–Crippen LogP) is 2.44. The largest absolute Gasteiger partial charge is 0.466 e. The van der Waals surface area contributed by atoms with Crippen molar-refractivity contribution in [1.29, 1.82) is 0 Å². The van der Waals surface area contributed by atoms with Gasteiger partial charge in [0.1, 0.15) is 11.5 Å². The van der Waals surface area contributed by atoms with E-state index in [1.165, 1.54) is 0 Å². The molecule has 0 saturated carbocycles. The van der Waals surface area contributed by atoms with Gasteiger partial charge >= 0.3 is 0 Å². The molecule has 1 aliphatic rings. The number of rotatable bonds is 2. The Bertz CT molecular complexity index is 455. The van der Waals surface area contributed by atoms with Crippen molar-refractivity contribution in [3.63, 3.8) is 0 Å². The first kappa shape index (κ1) is 13.6. The molecule has 1 fully saturated rings. The molecule has 5 heteroatoms. The van der Waals surface area contributed by atoms with E-state index in [2.05, 4.69) is 15.9 Å². The molecule has 1 atom stereocenters. The second-order valence-corrected chi connectivity index (χ2v) is 5.26. The Labute approximate surface area is 115 Å². The summed E-state index contributed by atoms with van der Waals surface area (Å²) in [5, 5.41) is 0.749. The van der Waals surface area contributed by atoms with Gasteiger partial charge in [-0.15, -0.1) is 0 Å². The molecule has 0 radical (unpaired) electrons. The van der Waals surface area contributed by atoms with E-state index in [0.29, 0.717) is 31.0 Å². The van der Waals surface area contributed by atoms with Crippen LogP contribution in [0.25, 0.3) is 0 Å². The lowest BCUT2D eigenvalue weighted by Gasteiger charge is -2.32. The van der Waals surface area contributed by atoms with Crippen molar-refractivity contribution < 1.29 is 13.9 Å². The van der Waals surface area contributed by atoms with E-state index in [4.69, 9.17) is 9.15 Å². The van der Waals surface area contributed by atoms with Crippen LogP contribution in [0.4, 0.5) is 0 Å². The highest BCUT2D eigenvalue weighted by atomic mass is 79.9. The fourth-order valence-electron chi connectivity index (χ4n) is 2.26. The number of amides is 1. The summed E-state index contributed by atoms with van der Waals surface area (Å²) >= 11 is 3.40. The Morgan fingerprint density at radius 2 is 2.11 bits per heavy atom. The normalized spacial score (nSPS) is 20.2. The average Bonchev–Trinajstić information content (AvgIpc) is 2.62. The van der Waals surface area contributed by atoms with Crippen molar-refractivity contribution in [2.75, 3.05) is 25.0 Å². The number of nitrogens with zero attached hydrogens (tertiary/aromatic N) is 1. The van der Waals surface area contributed by atoms with E-state index in [0.717, 1.165) is 16.7 Å². The van der Waals surface area contributed by atoms with Crippen LogP contribution in [0.1, 0.15) is 27.4 Å². The van der Waals surface area contributed by atoms with E-state index in [-0.39, 0.29) is 12.0 Å². The molecule has 0 bridgehead atoms. The van der Waals surface area contributed by atoms with Gasteiger partial charge in [-0.3, -0.25) is 4.79 Å². The maximum Gasteiger partial charge on any atom is 0.257 e. The van der Waals surface area contributed by atoms with Gasteiger partial charge in [0.15, 0.2) is 0 Å². The molecular formula is C13H18BrNO3. The monoisotopic (exact) mass is 315 g/mol. The summed E-state index contributed by atoms with van der Waals surface area (Å²) < 4.78 is 11.1. The molecule has 1 amide bonds. The van der Waals surface area contributed by atoms with Crippen molar-refractivity contribution in [2.24, 2.45) is 0 Å². The predicted molar refractivity (Wildman–Crippen MR) is 72.4 cm³/mol. The Morgan fingerprint density at radius 3 is 2.67 bits per heavy atom. The maximum absolute atomic E-state index is 12.5. The van der Waals surface area contributed by atoms with E-state index < -0.39 is 0 Å². The first-order valence-electron chi connectivity index (χ1n) is 6.08. The van der Waals surface area contributed by atoms with Crippen molar-refractivity contribution >= 4 is 21.8 Å². The van der Waals surface area contributed by atoms with Gasteiger partial charge in [-0.2, -0.15) is 0 Å². The molecule has 1 aromatic rings. The van der Waals surface area contributed by atoms with Crippen LogP contribution in [0.5, 0.6) is 0 Å². The second kappa shape index (κ2) is 5.45. The third-order valence-corrected chi connectivity index (χ3v) is 4.10. The molecule has 1 unspecified atom stereocenters. The summed E-state index contributed by atoms with van der Waals surface area (Å²) in [5.74, 6) is 1.58. The molecule has 100 valence electrons. The van der Waals surface area contributed by atoms with Crippen LogP contribution in [0, 0.1) is 20.8 Å². The summed E-state index contributed by atoms with van der Waals surface area (Å²) in [6, 6.07) is 0. The number of furan rings is 1. The number of ether oxygens (including phenoxy) is 1. The Morgan fingerprint density at radius 1 is 1.39 bits per heavy atom. The lowest BCUT2D eigenvalue weighted by atomic mass is 10.1. The zero-order valence-corrected chi connectivity index (χ0v) is 12.5. The van der Waals surface area contributed by atoms with E-state index in [9.17, 15) is 4.79 Å². The number of alkyl halides is 1. The number of aryl methyl sites for hydroxylation is 2. The Balaban J connectivity index is 2.20. The number of carbonyl (C=O) groups excluding carboxylic acids is 1. The topological polar surface area (TPSA) is 42.7 Å². The van der Waals surface area contributed by atoms with Crippen LogP contribution in [-0.2, 0) is 4.74 Å². The van der Waals surface area contributed by atoms with Crippen LogP contribution in [0.3, 0.4) is 0 Å². The molecular weight excluding hydrogens is 298 g/mol. The maximum atomic E-state index is 12.5. The Hall–Kier alpha value is -0.810. The minimum absolute atomic E-state index is 0.0519. The third-order valence-electron chi connectivity index (χ3n) is 3.37. The highest BCUT2D eigenvalue weighted by molar-refractivity contribution is 9.09. The molecule has 1 aromatic heterocycles. The number of morpholine rings is 1. The third kappa shape index (κ3) is 2.47. The van der Waals surface area contributed by atoms with Gasteiger partial charge in [-0.25, -0.2) is 0 Å². The van der Waals surface area contributed by atoms with Crippen LogP contribution in [0.15, 0.2) is 4.42 Å². The Kier molecular flexibility index (Phi) is 4.12. The van der Waals surface area contributed by atoms with Gasteiger partial charge in [-0.1, -0.05) is 15.9 Å². The zero-order chi connectivity index (χ0) is 13.3. The molecule has 0 N–H and O–H groups in total. The number of halogens is 1. The van der Waals surface area contributed by atoms with Crippen molar-refractivity contribution in [3.8, 4) is 0 Å². The summed E-state index contributed by atoms with van der Waals surface area (Å²) in [6.45, 7) is 7.53. The summed E-state index contributed by atoms with van der Waals surface area (Å²) in [7, 11) is 0. The summed E-state index contributed by atoms with van der Waals surface area (Å²) in [6.07, 6.45) is 0.0799. The molecule has 0 spiro atoms. The molecule has 2 rings (SSSR count). The lowest BCUT2D eigenvalue weighted by Crippen LogP contribution is -2.46. The smallest absolute Gasteiger partial charge is 0.257 e. The van der Waals surface area contributed by atoms with E-state index in [1.54, 1.807) is 0 Å². The molecule has 0 aliphatic carbocycles. The van der Waals surface area contributed by atoms with Gasteiger partial charge in [-0.05, 0) is 20.8 Å². The van der Waals surface area contributed by atoms with Crippen molar-refractivity contribution in [1.82, 2.24) is 4.90 Å². The quantitative estimate of drug-likeness (QED) is 0.787. The first-order chi connectivity index (χ1) is 8.54. The molecule has 4 nitrogen and oxygen atoms in total. The summed E-state index contributed by atoms with van der Waals surface area (Å²) in [5.41, 5.74) is 1.65. The van der Waals surface area contributed by atoms with Crippen molar-refractivity contribution in [2.45, 2.75) is 26.9 Å². The fourth-order valence-corrected chi connectivity index (χ4v) is 2.66. The lowest BCUT2D eigenvalue weighted by molar-refractivity contribution is -0.00974. The minimum atomic E-state index is 0.0519. The number of carbonyl (C=O) groups is 1. The minimum Gasteiger partial charge on any atom is -0.466 e. The average molecular weight is 316 g/mol. The zero-order valence-electron chi connectivity index (χ0n) is 11.0. The van der Waals surface area contributed by atoms with Crippen LogP contribution in [0.2, 0.25) is 0 Å². The summed E-state index contributed by atoms with van der Waals surface area (Å²) in [4.78, 5) is 14.4. The van der Waals surface area contributed by atoms with Gasteiger partial charge in [0.05, 0.1) is 18.3 Å². The SMILES string of the molecule is Cc1oc(C)c(C(=O)N2CCOC(CBr)C2)c1C. The van der Waals surface area contributed by atoms with Gasteiger partial charge in [0, 0.05) is 24.0 Å². The highest BCUT2D eigenvalue weighted by Crippen LogP contribution is 2.23. The van der Waals surface area contributed by atoms with E-state index in [1.807, 2.05) is 25.7 Å². The number of hydrogen-bond acceptors (Lipinski definition) is 3. The highest BCUT2D eigenvalue weighted by Gasteiger charge is 2.28. The van der Waals surface area contributed by atoms with Gasteiger partial charge < -0.3 is 14.1 Å². The standard InChI is InChI=1S/C13H18BrNO3/c1-8-9(2)18-10(3)12(8)13(16)15-4-5-17-11(6-14)7-15/h11H,4-7H2,1-3H3. The molecule has 1 aliphatic heterocycles. The molecule has 1 saturated heterocycles. The van der Waals surface area contributed by atoms with Gasteiger partial charge in [0.25, 0.3) is 5.91 Å². The first-order valence-corrected chi connectivity index (χ1v) is 7.20. The van der Waals surface area contributed by atoms with Crippen molar-refractivity contribution in [3.05, 3.63) is 22.6 Å².